The zero-order chi connectivity index (χ0) is 78.7. The van der Waals surface area contributed by atoms with Crippen LogP contribution in [0.3, 0.4) is 0 Å². The largest absolute Gasteiger partial charge is 0.346 e. The van der Waals surface area contributed by atoms with Crippen LogP contribution in [0, 0.1) is 0 Å². The highest BCUT2D eigenvalue weighted by molar-refractivity contribution is 5.86. The highest BCUT2D eigenvalue weighted by atomic mass is 16.2. The zero-order valence-electron chi connectivity index (χ0n) is 73.1. The van der Waals surface area contributed by atoms with Crippen molar-refractivity contribution >= 4 is 23.6 Å². The number of carbonyl (C=O) groups excluding carboxylic acids is 4. The first-order chi connectivity index (χ1) is 53.2. The summed E-state index contributed by atoms with van der Waals surface area (Å²) in [6.45, 7) is 23.7. The minimum absolute atomic E-state index is 0.0591. The van der Waals surface area contributed by atoms with E-state index in [-0.39, 0.29) is 43.3 Å². The van der Waals surface area contributed by atoms with E-state index in [1.807, 2.05) is 4.90 Å². The monoisotopic (exact) mass is 1530 g/mol. The van der Waals surface area contributed by atoms with Crippen LogP contribution in [0.25, 0.3) is 0 Å². The standard InChI is InChI=1S/C50H104N6O2.C42H88N6O2/c1-3-5-7-9-11-13-15-17-19-21-23-25-27-29-31-34-45-56(46-35-32-30-28-26-24-22-20-18-16-14-12-10-8-6-4-2)50(58)47-54-49(57)48-55(44-38-40-52)43-36-33-41-53-42-37-39-51;1-3-5-7-9-11-13-15-17-19-21-23-27-37-48(38-28-24-22-20-18-16-14-12-10-8-6-4-2)42(50)40-47-41(49)39-46-36-30-35-45-33-26-25-32-44-34-29-31-43/h53H,3-48,51-52H2,1-2H3,(H,54,57);44-46H,3-40,43H2,1-2H3,(H,47,49). The Labute approximate surface area is 672 Å². The topological polar surface area (TPSA) is 228 Å². The molecule has 0 fully saturated rings. The maximum atomic E-state index is 13.5. The van der Waals surface area contributed by atoms with Gasteiger partial charge in [0, 0.05) is 26.2 Å². The second kappa shape index (κ2) is 95.2. The molecule has 0 aliphatic carbocycles. The van der Waals surface area contributed by atoms with Gasteiger partial charge in [-0.15, -0.1) is 0 Å². The average Bonchev–Trinajstić information content (AvgIpc) is 0.937. The van der Waals surface area contributed by atoms with Gasteiger partial charge >= 0.3 is 0 Å². The Morgan fingerprint density at radius 1 is 0.213 bits per heavy atom. The number of nitrogens with two attached hydrogens (primary N) is 3. The molecule has 0 aliphatic rings. The van der Waals surface area contributed by atoms with E-state index in [0.717, 1.165) is 162 Å². The first-order valence-electron chi connectivity index (χ1n) is 48.0. The second-order valence-electron chi connectivity index (χ2n) is 32.6. The Hall–Kier alpha value is -2.44. The van der Waals surface area contributed by atoms with Gasteiger partial charge in [-0.25, -0.2) is 0 Å². The fraction of sp³-hybridized carbons (Fsp3) is 0.957. The van der Waals surface area contributed by atoms with E-state index in [9.17, 15) is 19.2 Å². The van der Waals surface area contributed by atoms with E-state index in [1.165, 1.54) is 340 Å². The van der Waals surface area contributed by atoms with Crippen molar-refractivity contribution in [3.63, 3.8) is 0 Å². The van der Waals surface area contributed by atoms with Gasteiger partial charge in [0.2, 0.25) is 23.6 Å². The minimum atomic E-state index is -0.0934. The lowest BCUT2D eigenvalue weighted by atomic mass is 10.0. The molecule has 0 saturated carbocycles. The highest BCUT2D eigenvalue weighted by Crippen LogP contribution is 2.19. The minimum Gasteiger partial charge on any atom is -0.346 e. The molecular weight excluding hydrogens is 1340 g/mol. The molecular formula is C92H192N12O4. The maximum Gasteiger partial charge on any atom is 0.241 e. The molecule has 0 atom stereocenters. The molecule has 108 heavy (non-hydrogen) atoms. The predicted octanol–water partition coefficient (Wildman–Crippen LogP) is 20.4. The Morgan fingerprint density at radius 2 is 0.426 bits per heavy atom. The fourth-order valence-corrected chi connectivity index (χ4v) is 14.6. The number of hydrogen-bond acceptors (Lipinski definition) is 12. The van der Waals surface area contributed by atoms with Crippen LogP contribution in [0.4, 0.5) is 0 Å². The number of amides is 4. The number of rotatable bonds is 91. The van der Waals surface area contributed by atoms with Gasteiger partial charge in [0.1, 0.15) is 0 Å². The van der Waals surface area contributed by atoms with Gasteiger partial charge in [-0.1, -0.05) is 362 Å². The van der Waals surface area contributed by atoms with Gasteiger partial charge < -0.3 is 58.9 Å². The van der Waals surface area contributed by atoms with E-state index in [4.69, 9.17) is 17.2 Å². The molecule has 0 aromatic carbocycles. The SMILES string of the molecule is CCCCCCCCCCCCCCCCCCN(CCCCCCCCCCCCCCCCCC)C(=O)CNC(=O)CN(CCCN)CCCCNCCCN.CCCCCCCCCCCCCCN(CCCCCCCCCCCCCC)C(=O)CNC(=O)CNCCCNCCCCNCCCN. The lowest BCUT2D eigenvalue weighted by Crippen LogP contribution is -2.44. The molecule has 0 spiro atoms. The number of carbonyl (C=O) groups is 4. The fourth-order valence-electron chi connectivity index (χ4n) is 14.6. The zero-order valence-corrected chi connectivity index (χ0v) is 73.1. The van der Waals surface area contributed by atoms with Crippen molar-refractivity contribution in [2.45, 2.75) is 439 Å². The van der Waals surface area contributed by atoms with Crippen LogP contribution in [-0.2, 0) is 19.2 Å². The molecule has 0 rings (SSSR count). The van der Waals surface area contributed by atoms with E-state index >= 15 is 0 Å². The number of nitrogens with zero attached hydrogens (tertiary/aromatic N) is 3. The second-order valence-corrected chi connectivity index (χ2v) is 32.6. The Kier molecular flexibility index (Phi) is 94.8. The van der Waals surface area contributed by atoms with Gasteiger partial charge in [0.05, 0.1) is 26.2 Å². The third-order valence-electron chi connectivity index (χ3n) is 21.9. The summed E-state index contributed by atoms with van der Waals surface area (Å²) in [4.78, 5) is 58.4. The Bertz CT molecular complexity index is 1710. The molecule has 12 N–H and O–H groups in total. The maximum absolute atomic E-state index is 13.5. The van der Waals surface area contributed by atoms with Gasteiger partial charge in [-0.05, 0) is 156 Å². The van der Waals surface area contributed by atoms with Gasteiger partial charge in [-0.2, -0.15) is 0 Å². The predicted molar refractivity (Wildman–Crippen MR) is 472 cm³/mol. The molecule has 0 bridgehead atoms. The smallest absolute Gasteiger partial charge is 0.241 e. The summed E-state index contributed by atoms with van der Waals surface area (Å²) in [5.41, 5.74) is 16.9. The van der Waals surface area contributed by atoms with Crippen molar-refractivity contribution < 1.29 is 19.2 Å². The molecule has 4 amide bonds. The third-order valence-corrected chi connectivity index (χ3v) is 21.9. The molecule has 644 valence electrons. The van der Waals surface area contributed by atoms with Crippen LogP contribution in [0.1, 0.15) is 439 Å². The molecule has 0 aromatic heterocycles. The Balaban J connectivity index is 0. The summed E-state index contributed by atoms with van der Waals surface area (Å²) >= 11 is 0. The van der Waals surface area contributed by atoms with Crippen LogP contribution in [0.15, 0.2) is 0 Å². The molecule has 0 heterocycles. The van der Waals surface area contributed by atoms with Crippen molar-refractivity contribution in [1.82, 2.24) is 46.6 Å². The van der Waals surface area contributed by atoms with Gasteiger partial charge in [0.15, 0.2) is 0 Å². The molecule has 0 radical (unpaired) electrons. The number of unbranched alkanes of at least 4 members (excludes halogenated alkanes) is 54. The van der Waals surface area contributed by atoms with Crippen molar-refractivity contribution in [3.8, 4) is 0 Å². The lowest BCUT2D eigenvalue weighted by Gasteiger charge is -2.24. The summed E-state index contributed by atoms with van der Waals surface area (Å²) < 4.78 is 0. The molecule has 0 aromatic rings. The van der Waals surface area contributed by atoms with E-state index in [0.29, 0.717) is 19.6 Å². The molecule has 0 unspecified atom stereocenters. The van der Waals surface area contributed by atoms with Gasteiger partial charge in [0.25, 0.3) is 0 Å². The molecule has 0 aliphatic heterocycles. The van der Waals surface area contributed by atoms with Crippen LogP contribution in [-0.4, -0.2) is 169 Å². The first kappa shape index (κ1) is 108. The average molecular weight is 1530 g/mol. The van der Waals surface area contributed by atoms with Crippen molar-refractivity contribution in [1.29, 1.82) is 0 Å². The number of hydrogen-bond donors (Lipinski definition) is 9. The molecule has 0 saturated heterocycles. The normalized spacial score (nSPS) is 11.4. The summed E-state index contributed by atoms with van der Waals surface area (Å²) in [6, 6.07) is 0. The van der Waals surface area contributed by atoms with Gasteiger partial charge in [-0.3, -0.25) is 24.1 Å². The summed E-state index contributed by atoms with van der Waals surface area (Å²) in [5, 5.41) is 19.4. The van der Waals surface area contributed by atoms with Crippen LogP contribution in [0.2, 0.25) is 0 Å². The highest BCUT2D eigenvalue weighted by Gasteiger charge is 2.18. The quantitative estimate of drug-likeness (QED) is 0.0259. The number of nitrogens with one attached hydrogen (secondary N) is 6. The first-order valence-corrected chi connectivity index (χ1v) is 48.0. The molecule has 16 heteroatoms. The van der Waals surface area contributed by atoms with E-state index < -0.39 is 0 Å². The van der Waals surface area contributed by atoms with E-state index in [2.05, 4.69) is 69.4 Å². The van der Waals surface area contributed by atoms with Crippen molar-refractivity contribution in [2.24, 2.45) is 17.2 Å². The summed E-state index contributed by atoms with van der Waals surface area (Å²) in [5.74, 6) is -0.00376. The lowest BCUT2D eigenvalue weighted by molar-refractivity contribution is -0.133. The molecule has 16 nitrogen and oxygen atoms in total. The van der Waals surface area contributed by atoms with Crippen LogP contribution < -0.4 is 49.1 Å². The Morgan fingerprint density at radius 3 is 0.704 bits per heavy atom. The van der Waals surface area contributed by atoms with Crippen LogP contribution in [0.5, 0.6) is 0 Å². The van der Waals surface area contributed by atoms with Crippen LogP contribution >= 0.6 is 0 Å². The van der Waals surface area contributed by atoms with E-state index in [1.54, 1.807) is 0 Å². The summed E-state index contributed by atoms with van der Waals surface area (Å²) in [6.07, 6.45) is 83.3. The van der Waals surface area contributed by atoms with Crippen molar-refractivity contribution in [3.05, 3.63) is 0 Å². The van der Waals surface area contributed by atoms with Crippen molar-refractivity contribution in [2.75, 3.05) is 131 Å². The third kappa shape index (κ3) is 87.5. The summed E-state index contributed by atoms with van der Waals surface area (Å²) in [7, 11) is 0.